The number of carboxylic acid groups (broad SMARTS) is 1. The lowest BCUT2D eigenvalue weighted by atomic mass is 10.1. The van der Waals surface area contributed by atoms with Crippen LogP contribution in [0.15, 0.2) is 72.8 Å². The van der Waals surface area contributed by atoms with Gasteiger partial charge in [0.25, 0.3) is 0 Å². The fourth-order valence-corrected chi connectivity index (χ4v) is 4.87. The van der Waals surface area contributed by atoms with Crippen molar-refractivity contribution in [1.29, 1.82) is 0 Å². The highest BCUT2D eigenvalue weighted by Crippen LogP contribution is 2.39. The third-order valence-corrected chi connectivity index (χ3v) is 7.16. The number of benzene rings is 3. The average molecular weight is 542 g/mol. The zero-order valence-corrected chi connectivity index (χ0v) is 22.0. The van der Waals surface area contributed by atoms with E-state index in [4.69, 9.17) is 9.47 Å². The average Bonchev–Trinajstić information content (AvgIpc) is 3.25. The Kier molecular flexibility index (Phi) is 7.51. The van der Waals surface area contributed by atoms with Crippen LogP contribution in [0.3, 0.4) is 0 Å². The lowest BCUT2D eigenvalue weighted by Gasteiger charge is -2.24. The smallest absolute Gasteiger partial charge is 0.416 e. The van der Waals surface area contributed by atoms with E-state index in [-0.39, 0.29) is 0 Å². The first-order chi connectivity index (χ1) is 17.8. The van der Waals surface area contributed by atoms with Crippen molar-refractivity contribution in [3.8, 4) is 22.1 Å². The van der Waals surface area contributed by atoms with Crippen LogP contribution in [0.1, 0.15) is 47.2 Å². The number of ether oxygens (including phenoxy) is 2. The van der Waals surface area contributed by atoms with Crippen LogP contribution < -0.4 is 9.47 Å². The van der Waals surface area contributed by atoms with Gasteiger partial charge in [0, 0.05) is 5.56 Å². The minimum absolute atomic E-state index is 0.430. The molecule has 4 aromatic rings. The molecule has 0 saturated carbocycles. The molecule has 0 bridgehead atoms. The molecule has 4 rings (SSSR count). The van der Waals surface area contributed by atoms with E-state index in [1.54, 1.807) is 25.1 Å². The summed E-state index contributed by atoms with van der Waals surface area (Å²) in [5.41, 5.74) is 0.767. The van der Waals surface area contributed by atoms with Crippen molar-refractivity contribution in [2.45, 2.75) is 45.6 Å². The van der Waals surface area contributed by atoms with E-state index in [1.165, 1.54) is 37.3 Å². The quantitative estimate of drug-likeness (QED) is 0.246. The number of nitrogens with zero attached hydrogens (tertiary/aromatic N) is 1. The monoisotopic (exact) mass is 541 g/mol. The number of carboxylic acids is 1. The number of aryl methyl sites for hydroxylation is 2. The zero-order valence-electron chi connectivity index (χ0n) is 21.2. The Morgan fingerprint density at radius 1 is 0.974 bits per heavy atom. The van der Waals surface area contributed by atoms with Gasteiger partial charge in [-0.25, -0.2) is 9.78 Å². The van der Waals surface area contributed by atoms with E-state index >= 15 is 0 Å². The Hall–Kier alpha value is -3.85. The molecule has 1 atom stereocenters. The molecule has 9 heteroatoms. The Balaban J connectivity index is 1.66. The molecule has 0 saturated heterocycles. The highest BCUT2D eigenvalue weighted by Gasteiger charge is 2.31. The summed E-state index contributed by atoms with van der Waals surface area (Å²) in [5.74, 6) is -0.105. The van der Waals surface area contributed by atoms with E-state index in [9.17, 15) is 23.1 Å². The highest BCUT2D eigenvalue weighted by atomic mass is 32.1. The summed E-state index contributed by atoms with van der Waals surface area (Å²) < 4.78 is 51.1. The van der Waals surface area contributed by atoms with E-state index in [0.717, 1.165) is 22.6 Å². The molecule has 3 aromatic carbocycles. The van der Waals surface area contributed by atoms with Gasteiger partial charge in [-0.1, -0.05) is 42.5 Å². The second-order valence-corrected chi connectivity index (χ2v) is 10.3. The number of hydrogen-bond acceptors (Lipinski definition) is 5. The number of halogens is 3. The van der Waals surface area contributed by atoms with E-state index in [0.29, 0.717) is 33.3 Å². The van der Waals surface area contributed by atoms with Crippen LogP contribution in [0.5, 0.6) is 11.5 Å². The van der Waals surface area contributed by atoms with Crippen LogP contribution in [0.4, 0.5) is 13.2 Å². The van der Waals surface area contributed by atoms with Crippen molar-refractivity contribution in [2.24, 2.45) is 0 Å². The van der Waals surface area contributed by atoms with Crippen molar-refractivity contribution < 1.29 is 32.5 Å². The van der Waals surface area contributed by atoms with Crippen LogP contribution in [0.25, 0.3) is 10.6 Å². The Morgan fingerprint density at radius 2 is 1.63 bits per heavy atom. The van der Waals surface area contributed by atoms with Gasteiger partial charge in [-0.2, -0.15) is 13.2 Å². The lowest BCUT2D eigenvalue weighted by molar-refractivity contribution is -0.152. The van der Waals surface area contributed by atoms with Gasteiger partial charge in [-0.3, -0.25) is 0 Å². The van der Waals surface area contributed by atoms with E-state index in [1.807, 2.05) is 37.3 Å². The first-order valence-corrected chi connectivity index (χ1v) is 12.6. The van der Waals surface area contributed by atoms with E-state index < -0.39 is 29.4 Å². The van der Waals surface area contributed by atoms with Crippen LogP contribution in [-0.4, -0.2) is 21.7 Å². The topological polar surface area (TPSA) is 68.7 Å². The highest BCUT2D eigenvalue weighted by molar-refractivity contribution is 7.15. The van der Waals surface area contributed by atoms with Crippen molar-refractivity contribution in [3.05, 3.63) is 100 Å². The van der Waals surface area contributed by atoms with Gasteiger partial charge < -0.3 is 14.6 Å². The second-order valence-electron chi connectivity index (χ2n) is 9.30. The molecule has 0 fully saturated rings. The van der Waals surface area contributed by atoms with Crippen LogP contribution in [0.2, 0.25) is 0 Å². The largest absolute Gasteiger partial charge is 0.480 e. The molecule has 1 aromatic heterocycles. The van der Waals surface area contributed by atoms with Gasteiger partial charge in [-0.15, -0.1) is 11.3 Å². The number of aliphatic carboxylic acids is 1. The van der Waals surface area contributed by atoms with Gasteiger partial charge in [0.1, 0.15) is 16.5 Å². The number of alkyl halides is 3. The molecule has 0 aliphatic carbocycles. The maximum Gasteiger partial charge on any atom is 0.416 e. The normalized spacial score (nSPS) is 12.7. The number of rotatable bonds is 8. The molecule has 38 heavy (non-hydrogen) atoms. The van der Waals surface area contributed by atoms with Gasteiger partial charge in [0.15, 0.2) is 11.7 Å². The van der Waals surface area contributed by atoms with Gasteiger partial charge in [0.05, 0.1) is 16.1 Å². The van der Waals surface area contributed by atoms with Crippen LogP contribution >= 0.6 is 11.3 Å². The van der Waals surface area contributed by atoms with Crippen molar-refractivity contribution in [3.63, 3.8) is 0 Å². The molecule has 5 nitrogen and oxygen atoms in total. The summed E-state index contributed by atoms with van der Waals surface area (Å²) in [6, 6.07) is 19.7. The summed E-state index contributed by atoms with van der Waals surface area (Å²) in [4.78, 5) is 16.9. The van der Waals surface area contributed by atoms with Gasteiger partial charge in [0.2, 0.25) is 0 Å². The molecular weight excluding hydrogens is 515 g/mol. The van der Waals surface area contributed by atoms with Crippen molar-refractivity contribution in [1.82, 2.24) is 4.98 Å². The number of hydrogen-bond donors (Lipinski definition) is 1. The third-order valence-electron chi connectivity index (χ3n) is 5.91. The summed E-state index contributed by atoms with van der Waals surface area (Å²) in [6.07, 6.45) is -4.94. The number of thiazole rings is 1. The Bertz CT molecular complexity index is 1430. The van der Waals surface area contributed by atoms with Gasteiger partial charge >= 0.3 is 12.1 Å². The lowest BCUT2D eigenvalue weighted by Crippen LogP contribution is -2.38. The fourth-order valence-electron chi connectivity index (χ4n) is 3.74. The maximum atomic E-state index is 13.0. The summed E-state index contributed by atoms with van der Waals surface area (Å²) in [7, 11) is 0. The SMILES string of the molecule is Cc1cc(OC(c2ccccc2)c2sc(-c3ccc(C(F)(F)F)cc3)nc2C)ccc1OC(C)(C)C(=O)O. The fraction of sp³-hybridized carbons (Fsp3) is 0.241. The van der Waals surface area contributed by atoms with Gasteiger partial charge in [-0.05, 0) is 69.2 Å². The Morgan fingerprint density at radius 3 is 2.21 bits per heavy atom. The number of aromatic nitrogens is 1. The third kappa shape index (κ3) is 5.99. The van der Waals surface area contributed by atoms with Crippen molar-refractivity contribution >= 4 is 17.3 Å². The molecule has 0 aliphatic heterocycles. The van der Waals surface area contributed by atoms with E-state index in [2.05, 4.69) is 4.98 Å². The molecule has 1 heterocycles. The standard InChI is InChI=1S/C29H26F3NO4S/c1-17-16-22(14-15-23(17)37-28(3,4)27(34)35)36-24(19-8-6-5-7-9-19)25-18(2)33-26(38-25)20-10-12-21(13-11-20)29(30,31)32/h5-16,24H,1-4H3,(H,34,35). The predicted octanol–water partition coefficient (Wildman–Crippen LogP) is 7.86. The van der Waals surface area contributed by atoms with Crippen LogP contribution in [0, 0.1) is 13.8 Å². The molecule has 198 valence electrons. The summed E-state index contributed by atoms with van der Waals surface area (Å²) >= 11 is 1.36. The molecule has 0 amide bonds. The first-order valence-electron chi connectivity index (χ1n) is 11.7. The zero-order chi connectivity index (χ0) is 27.7. The molecular formula is C29H26F3NO4S. The minimum atomic E-state index is -4.41. The Labute approximate surface area is 222 Å². The second kappa shape index (κ2) is 10.5. The minimum Gasteiger partial charge on any atom is -0.480 e. The van der Waals surface area contributed by atoms with Crippen LogP contribution in [-0.2, 0) is 11.0 Å². The predicted molar refractivity (Wildman–Crippen MR) is 140 cm³/mol. The molecule has 1 N–H and O–H groups in total. The first kappa shape index (κ1) is 27.2. The molecule has 0 spiro atoms. The summed E-state index contributed by atoms with van der Waals surface area (Å²) in [5, 5.41) is 9.96. The van der Waals surface area contributed by atoms with Crippen molar-refractivity contribution in [2.75, 3.05) is 0 Å². The summed E-state index contributed by atoms with van der Waals surface area (Å²) in [6.45, 7) is 6.60. The maximum absolute atomic E-state index is 13.0. The molecule has 0 aliphatic rings. The molecule has 1 unspecified atom stereocenters. The molecule has 0 radical (unpaired) electrons. The number of carbonyl (C=O) groups is 1.